The molecule has 102 valence electrons. The summed E-state index contributed by atoms with van der Waals surface area (Å²) in [4.78, 5) is 16.1. The van der Waals surface area contributed by atoms with Crippen LogP contribution >= 0.6 is 15.9 Å². The number of hydrogen-bond acceptors (Lipinski definition) is 3. The summed E-state index contributed by atoms with van der Waals surface area (Å²) in [5.74, 6) is 0.630. The summed E-state index contributed by atoms with van der Waals surface area (Å²) in [6, 6.07) is 14.5. The van der Waals surface area contributed by atoms with Gasteiger partial charge in [0, 0.05) is 10.0 Å². The Labute approximate surface area is 126 Å². The molecule has 2 aromatic carbocycles. The van der Waals surface area contributed by atoms with Gasteiger partial charge in [-0.3, -0.25) is 9.79 Å². The number of ketones is 1. The van der Waals surface area contributed by atoms with Crippen LogP contribution in [0.15, 0.2) is 58.0 Å². The Kier molecular flexibility index (Phi) is 5.07. The molecule has 0 saturated carbocycles. The quantitative estimate of drug-likeness (QED) is 0.600. The van der Waals surface area contributed by atoms with E-state index in [4.69, 9.17) is 4.74 Å². The minimum atomic E-state index is -0.129. The summed E-state index contributed by atoms with van der Waals surface area (Å²) >= 11 is 3.35. The molecule has 0 amide bonds. The van der Waals surface area contributed by atoms with Crippen LogP contribution in [0.5, 0.6) is 5.75 Å². The maximum absolute atomic E-state index is 12.0. The number of ether oxygens (including phenoxy) is 1. The lowest BCUT2D eigenvalue weighted by Gasteiger charge is -2.02. The molecule has 0 bridgehead atoms. The largest absolute Gasteiger partial charge is 0.494 e. The van der Waals surface area contributed by atoms with Crippen molar-refractivity contribution in [2.45, 2.75) is 6.92 Å². The normalized spacial score (nSPS) is 10.7. The van der Waals surface area contributed by atoms with Crippen LogP contribution in [0.4, 0.5) is 5.69 Å². The molecular formula is C16H14BrNO2. The molecule has 0 radical (unpaired) electrons. The van der Waals surface area contributed by atoms with Crippen molar-refractivity contribution in [1.82, 2.24) is 0 Å². The van der Waals surface area contributed by atoms with E-state index >= 15 is 0 Å². The van der Waals surface area contributed by atoms with Gasteiger partial charge in [-0.25, -0.2) is 0 Å². The smallest absolute Gasteiger partial charge is 0.204 e. The van der Waals surface area contributed by atoms with Crippen molar-refractivity contribution >= 4 is 33.6 Å². The Hall–Kier alpha value is -1.94. The van der Waals surface area contributed by atoms with Crippen LogP contribution in [0.2, 0.25) is 0 Å². The van der Waals surface area contributed by atoms with Crippen molar-refractivity contribution in [3.63, 3.8) is 0 Å². The van der Waals surface area contributed by atoms with Crippen molar-refractivity contribution in [3.8, 4) is 5.75 Å². The first-order chi connectivity index (χ1) is 9.69. The Morgan fingerprint density at radius 1 is 1.15 bits per heavy atom. The van der Waals surface area contributed by atoms with Gasteiger partial charge in [-0.15, -0.1) is 0 Å². The topological polar surface area (TPSA) is 38.7 Å². The third kappa shape index (κ3) is 4.03. The van der Waals surface area contributed by atoms with Crippen LogP contribution in [-0.4, -0.2) is 18.6 Å². The number of nitrogens with zero attached hydrogens (tertiary/aromatic N) is 1. The van der Waals surface area contributed by atoms with E-state index in [0.29, 0.717) is 12.2 Å². The molecule has 0 unspecified atom stereocenters. The summed E-state index contributed by atoms with van der Waals surface area (Å²) < 4.78 is 6.31. The molecule has 0 atom stereocenters. The SMILES string of the molecule is CCOc1ccc(C(=O)C=Nc2ccc(Br)cc2)cc1. The monoisotopic (exact) mass is 331 g/mol. The number of Topliss-reactive ketones (excluding diaryl/α,β-unsaturated/α-hetero) is 1. The molecule has 0 aliphatic heterocycles. The number of carbonyl (C=O) groups is 1. The Morgan fingerprint density at radius 3 is 2.40 bits per heavy atom. The number of aliphatic imine (C=N–C) groups is 1. The van der Waals surface area contributed by atoms with Gasteiger partial charge in [0.05, 0.1) is 18.5 Å². The Morgan fingerprint density at radius 2 is 1.80 bits per heavy atom. The predicted molar refractivity (Wildman–Crippen MR) is 84.2 cm³/mol. The van der Waals surface area contributed by atoms with Crippen molar-refractivity contribution < 1.29 is 9.53 Å². The zero-order chi connectivity index (χ0) is 14.4. The molecule has 0 spiro atoms. The van der Waals surface area contributed by atoms with Crippen molar-refractivity contribution in [2.75, 3.05) is 6.61 Å². The summed E-state index contributed by atoms with van der Waals surface area (Å²) in [7, 11) is 0. The highest BCUT2D eigenvalue weighted by atomic mass is 79.9. The maximum Gasteiger partial charge on any atom is 0.204 e. The summed E-state index contributed by atoms with van der Waals surface area (Å²) in [5.41, 5.74) is 1.34. The molecule has 20 heavy (non-hydrogen) atoms. The highest BCUT2D eigenvalue weighted by Gasteiger charge is 2.02. The van der Waals surface area contributed by atoms with E-state index < -0.39 is 0 Å². The molecule has 0 N–H and O–H groups in total. The highest BCUT2D eigenvalue weighted by Crippen LogP contribution is 2.17. The lowest BCUT2D eigenvalue weighted by Crippen LogP contribution is -2.00. The molecule has 0 fully saturated rings. The molecule has 2 rings (SSSR count). The van der Waals surface area contributed by atoms with Crippen LogP contribution < -0.4 is 4.74 Å². The van der Waals surface area contributed by atoms with Gasteiger partial charge in [0.1, 0.15) is 5.75 Å². The third-order valence-corrected chi connectivity index (χ3v) is 3.14. The van der Waals surface area contributed by atoms with E-state index in [0.717, 1.165) is 15.9 Å². The Bertz CT molecular complexity index is 603. The minimum absolute atomic E-state index is 0.129. The zero-order valence-electron chi connectivity index (χ0n) is 11.0. The van der Waals surface area contributed by atoms with Crippen LogP contribution in [0.1, 0.15) is 17.3 Å². The van der Waals surface area contributed by atoms with Gasteiger partial charge in [0.15, 0.2) is 0 Å². The molecule has 0 aliphatic rings. The number of benzene rings is 2. The average Bonchev–Trinajstić information content (AvgIpc) is 2.47. The second-order valence-corrected chi connectivity index (χ2v) is 4.97. The molecule has 0 saturated heterocycles. The summed E-state index contributed by atoms with van der Waals surface area (Å²) in [6.45, 7) is 2.53. The summed E-state index contributed by atoms with van der Waals surface area (Å²) in [6.07, 6.45) is 1.33. The predicted octanol–water partition coefficient (Wildman–Crippen LogP) is 4.43. The first-order valence-electron chi connectivity index (χ1n) is 6.26. The van der Waals surface area contributed by atoms with Crippen LogP contribution in [0.25, 0.3) is 0 Å². The van der Waals surface area contributed by atoms with Gasteiger partial charge < -0.3 is 4.74 Å². The minimum Gasteiger partial charge on any atom is -0.494 e. The number of hydrogen-bond donors (Lipinski definition) is 0. The molecule has 4 heteroatoms. The first kappa shape index (κ1) is 14.5. The fourth-order valence-electron chi connectivity index (χ4n) is 1.62. The maximum atomic E-state index is 12.0. The molecular weight excluding hydrogens is 318 g/mol. The fourth-order valence-corrected chi connectivity index (χ4v) is 1.88. The average molecular weight is 332 g/mol. The van der Waals surface area contributed by atoms with E-state index in [1.807, 2.05) is 31.2 Å². The standard InChI is InChI=1S/C16H14BrNO2/c1-2-20-15-9-3-12(4-10-15)16(19)11-18-14-7-5-13(17)6-8-14/h3-11H,2H2,1H3. The van der Waals surface area contributed by atoms with Crippen molar-refractivity contribution in [1.29, 1.82) is 0 Å². The summed E-state index contributed by atoms with van der Waals surface area (Å²) in [5, 5.41) is 0. The number of halogens is 1. The van der Waals surface area contributed by atoms with E-state index in [1.54, 1.807) is 24.3 Å². The van der Waals surface area contributed by atoms with Crippen LogP contribution in [-0.2, 0) is 0 Å². The Balaban J connectivity index is 2.05. The number of carbonyl (C=O) groups excluding carboxylic acids is 1. The highest BCUT2D eigenvalue weighted by molar-refractivity contribution is 9.10. The second kappa shape index (κ2) is 7.01. The van der Waals surface area contributed by atoms with Gasteiger partial charge in [-0.2, -0.15) is 0 Å². The third-order valence-electron chi connectivity index (χ3n) is 2.61. The lowest BCUT2D eigenvalue weighted by molar-refractivity contribution is 0.107. The van der Waals surface area contributed by atoms with E-state index in [-0.39, 0.29) is 5.78 Å². The van der Waals surface area contributed by atoms with E-state index in [2.05, 4.69) is 20.9 Å². The first-order valence-corrected chi connectivity index (χ1v) is 7.05. The molecule has 0 aliphatic carbocycles. The van der Waals surface area contributed by atoms with E-state index in [9.17, 15) is 4.79 Å². The van der Waals surface area contributed by atoms with E-state index in [1.165, 1.54) is 6.21 Å². The van der Waals surface area contributed by atoms with Gasteiger partial charge in [0.25, 0.3) is 0 Å². The van der Waals surface area contributed by atoms with Gasteiger partial charge in [-0.05, 0) is 55.5 Å². The van der Waals surface area contributed by atoms with Gasteiger partial charge in [-0.1, -0.05) is 15.9 Å². The number of rotatable bonds is 5. The molecule has 2 aromatic rings. The second-order valence-electron chi connectivity index (χ2n) is 4.06. The molecule has 0 heterocycles. The van der Waals surface area contributed by atoms with Crippen molar-refractivity contribution in [3.05, 3.63) is 58.6 Å². The van der Waals surface area contributed by atoms with Crippen LogP contribution in [0, 0.1) is 0 Å². The lowest BCUT2D eigenvalue weighted by atomic mass is 10.1. The molecule has 0 aromatic heterocycles. The zero-order valence-corrected chi connectivity index (χ0v) is 12.6. The fraction of sp³-hybridized carbons (Fsp3) is 0.125. The van der Waals surface area contributed by atoms with Gasteiger partial charge in [0.2, 0.25) is 5.78 Å². The van der Waals surface area contributed by atoms with Gasteiger partial charge >= 0.3 is 0 Å². The van der Waals surface area contributed by atoms with Crippen molar-refractivity contribution in [2.24, 2.45) is 4.99 Å². The molecule has 3 nitrogen and oxygen atoms in total. The van der Waals surface area contributed by atoms with Crippen LogP contribution in [0.3, 0.4) is 0 Å².